The van der Waals surface area contributed by atoms with Crippen LogP contribution in [-0.2, 0) is 9.53 Å². The molecule has 0 radical (unpaired) electrons. The molecule has 1 amide bonds. The van der Waals surface area contributed by atoms with Crippen LogP contribution < -0.4 is 5.56 Å². The summed E-state index contributed by atoms with van der Waals surface area (Å²) < 4.78 is 5.63. The van der Waals surface area contributed by atoms with Crippen LogP contribution in [0.5, 0.6) is 0 Å². The normalized spacial score (nSPS) is 14.8. The van der Waals surface area contributed by atoms with Crippen LogP contribution in [0.1, 0.15) is 35.0 Å². The summed E-state index contributed by atoms with van der Waals surface area (Å²) >= 11 is 0. The molecule has 2 heterocycles. The van der Waals surface area contributed by atoms with Gasteiger partial charge in [-0.25, -0.2) is 9.89 Å². The first-order chi connectivity index (χ1) is 13.6. The van der Waals surface area contributed by atoms with E-state index in [4.69, 9.17) is 4.74 Å². The summed E-state index contributed by atoms with van der Waals surface area (Å²) in [5.74, 6) is -1.00. The number of hydrogen-bond donors (Lipinski definition) is 1. The molecule has 1 aliphatic heterocycles. The number of carbonyl (C=O) groups is 2. The first-order valence-electron chi connectivity index (χ1n) is 9.17. The molecule has 1 N–H and O–H groups in total. The van der Waals surface area contributed by atoms with Crippen LogP contribution in [0.15, 0.2) is 59.4 Å². The lowest BCUT2D eigenvalue weighted by Crippen LogP contribution is -2.35. The largest absolute Gasteiger partial charge is 0.442 e. The zero-order valence-corrected chi connectivity index (χ0v) is 15.1. The molecule has 1 fully saturated rings. The van der Waals surface area contributed by atoms with Crippen LogP contribution in [0.25, 0.3) is 10.8 Å². The third-order valence-electron chi connectivity index (χ3n) is 4.86. The predicted molar refractivity (Wildman–Crippen MR) is 103 cm³/mol. The van der Waals surface area contributed by atoms with Crippen molar-refractivity contribution in [1.29, 1.82) is 0 Å². The highest BCUT2D eigenvalue weighted by Crippen LogP contribution is 2.25. The monoisotopic (exact) mass is 377 g/mol. The van der Waals surface area contributed by atoms with Gasteiger partial charge in [0.15, 0.2) is 5.69 Å². The van der Waals surface area contributed by atoms with Gasteiger partial charge >= 0.3 is 5.97 Å². The predicted octanol–water partition coefficient (Wildman–Crippen LogP) is 2.44. The number of rotatable bonds is 4. The smallest absolute Gasteiger partial charge is 0.360 e. The van der Waals surface area contributed by atoms with Crippen molar-refractivity contribution in [2.75, 3.05) is 13.1 Å². The van der Waals surface area contributed by atoms with E-state index in [1.165, 1.54) is 0 Å². The Morgan fingerprint density at radius 1 is 0.964 bits per heavy atom. The molecule has 1 aliphatic rings. The van der Waals surface area contributed by atoms with Gasteiger partial charge in [0.25, 0.3) is 11.5 Å². The lowest BCUT2D eigenvalue weighted by atomic mass is 10.1. The Morgan fingerprint density at radius 3 is 2.32 bits per heavy atom. The number of H-pyrrole nitrogens is 1. The quantitative estimate of drug-likeness (QED) is 0.705. The van der Waals surface area contributed by atoms with Crippen molar-refractivity contribution in [2.45, 2.75) is 18.9 Å². The van der Waals surface area contributed by atoms with Gasteiger partial charge in [0.1, 0.15) is 0 Å². The van der Waals surface area contributed by atoms with Crippen molar-refractivity contribution in [2.24, 2.45) is 0 Å². The Bertz CT molecular complexity index is 1070. The molecule has 0 aliphatic carbocycles. The maximum Gasteiger partial charge on any atom is 0.360 e. The van der Waals surface area contributed by atoms with Crippen LogP contribution in [0.3, 0.4) is 0 Å². The highest BCUT2D eigenvalue weighted by molar-refractivity contribution is 6.02. The SMILES string of the molecule is O=C(OC(C(=O)N1CCCC1)c1ccccc1)c1n[nH]c(=O)c2ccccc12. The van der Waals surface area contributed by atoms with Crippen molar-refractivity contribution in [3.8, 4) is 0 Å². The van der Waals surface area contributed by atoms with E-state index in [0.29, 0.717) is 29.4 Å². The van der Waals surface area contributed by atoms with E-state index in [-0.39, 0.29) is 17.2 Å². The van der Waals surface area contributed by atoms with E-state index >= 15 is 0 Å². The van der Waals surface area contributed by atoms with E-state index in [0.717, 1.165) is 12.8 Å². The zero-order valence-electron chi connectivity index (χ0n) is 15.1. The van der Waals surface area contributed by atoms with E-state index in [9.17, 15) is 14.4 Å². The van der Waals surface area contributed by atoms with Gasteiger partial charge in [-0.2, -0.15) is 5.10 Å². The molecule has 0 spiro atoms. The number of ether oxygens (including phenoxy) is 1. The van der Waals surface area contributed by atoms with Crippen molar-refractivity contribution in [3.63, 3.8) is 0 Å². The first kappa shape index (κ1) is 17.9. The molecule has 28 heavy (non-hydrogen) atoms. The van der Waals surface area contributed by atoms with E-state index in [1.807, 2.05) is 6.07 Å². The number of benzene rings is 2. The maximum atomic E-state index is 13.0. The van der Waals surface area contributed by atoms with E-state index in [1.54, 1.807) is 53.4 Å². The number of nitrogens with zero attached hydrogens (tertiary/aromatic N) is 2. The van der Waals surface area contributed by atoms with Crippen molar-refractivity contribution >= 4 is 22.6 Å². The summed E-state index contributed by atoms with van der Waals surface area (Å²) in [6.07, 6.45) is 0.819. The van der Waals surface area contributed by atoms with Gasteiger partial charge in [-0.15, -0.1) is 0 Å². The van der Waals surface area contributed by atoms with Crippen LogP contribution in [0.4, 0.5) is 0 Å². The molecular formula is C21H19N3O4. The maximum absolute atomic E-state index is 13.0. The van der Waals surface area contributed by atoms with Gasteiger partial charge in [-0.05, 0) is 18.9 Å². The van der Waals surface area contributed by atoms with Gasteiger partial charge < -0.3 is 9.64 Å². The Morgan fingerprint density at radius 2 is 1.61 bits per heavy atom. The molecule has 0 saturated carbocycles. The molecule has 4 rings (SSSR count). The average Bonchev–Trinajstić information content (AvgIpc) is 3.27. The minimum absolute atomic E-state index is 0.0228. The van der Waals surface area contributed by atoms with Gasteiger partial charge in [0, 0.05) is 24.0 Å². The number of nitrogens with one attached hydrogen (secondary N) is 1. The molecule has 1 saturated heterocycles. The Labute approximate surface area is 160 Å². The minimum atomic E-state index is -1.06. The van der Waals surface area contributed by atoms with Crippen LogP contribution in [0, 0.1) is 0 Å². The number of fused-ring (bicyclic) bond motifs is 1. The van der Waals surface area contributed by atoms with Gasteiger partial charge in [-0.3, -0.25) is 9.59 Å². The Balaban J connectivity index is 1.69. The highest BCUT2D eigenvalue weighted by atomic mass is 16.5. The molecular weight excluding hydrogens is 358 g/mol. The molecule has 142 valence electrons. The Hall–Kier alpha value is -3.48. The van der Waals surface area contributed by atoms with E-state index < -0.39 is 12.1 Å². The lowest BCUT2D eigenvalue weighted by molar-refractivity contribution is -0.140. The number of carbonyl (C=O) groups excluding carboxylic acids is 2. The van der Waals surface area contributed by atoms with Crippen molar-refractivity contribution < 1.29 is 14.3 Å². The molecule has 7 heteroatoms. The van der Waals surface area contributed by atoms with E-state index in [2.05, 4.69) is 10.2 Å². The molecule has 1 aromatic heterocycles. The molecule has 1 unspecified atom stereocenters. The topological polar surface area (TPSA) is 92.4 Å². The number of hydrogen-bond acceptors (Lipinski definition) is 5. The fourth-order valence-corrected chi connectivity index (χ4v) is 3.43. The first-order valence-corrected chi connectivity index (χ1v) is 9.17. The summed E-state index contributed by atoms with van der Waals surface area (Å²) in [5, 5.41) is 6.92. The van der Waals surface area contributed by atoms with Crippen LogP contribution >= 0.6 is 0 Å². The third kappa shape index (κ3) is 3.38. The van der Waals surface area contributed by atoms with Crippen molar-refractivity contribution in [1.82, 2.24) is 15.1 Å². The summed E-state index contributed by atoms with van der Waals surface area (Å²) in [5.41, 5.74) is 0.187. The van der Waals surface area contributed by atoms with Crippen LogP contribution in [0.2, 0.25) is 0 Å². The minimum Gasteiger partial charge on any atom is -0.442 e. The lowest BCUT2D eigenvalue weighted by Gasteiger charge is -2.23. The Kier molecular flexibility index (Phi) is 4.89. The number of aromatic amines is 1. The second-order valence-electron chi connectivity index (χ2n) is 6.68. The number of amides is 1. The third-order valence-corrected chi connectivity index (χ3v) is 4.86. The molecule has 7 nitrogen and oxygen atoms in total. The summed E-state index contributed by atoms with van der Waals surface area (Å²) in [7, 11) is 0. The zero-order chi connectivity index (χ0) is 19.5. The molecule has 1 atom stereocenters. The van der Waals surface area contributed by atoms with Gasteiger partial charge in [0.2, 0.25) is 6.10 Å². The van der Waals surface area contributed by atoms with Crippen LogP contribution in [-0.4, -0.2) is 40.1 Å². The molecule has 2 aromatic carbocycles. The standard InChI is InChI=1S/C21H19N3O4/c25-19-16-11-5-4-10-15(16)17(22-23-19)21(27)28-18(14-8-2-1-3-9-14)20(26)24-12-6-7-13-24/h1-5,8-11,18H,6-7,12-13H2,(H,23,25). The number of likely N-dealkylation sites (tertiary alicyclic amines) is 1. The molecule has 0 bridgehead atoms. The highest BCUT2D eigenvalue weighted by Gasteiger charge is 2.32. The average molecular weight is 377 g/mol. The molecule has 3 aromatic rings. The second kappa shape index (κ2) is 7.64. The number of aromatic nitrogens is 2. The summed E-state index contributed by atoms with van der Waals surface area (Å²) in [6.45, 7) is 1.30. The fourth-order valence-electron chi connectivity index (χ4n) is 3.43. The van der Waals surface area contributed by atoms with Gasteiger partial charge in [-0.1, -0.05) is 48.5 Å². The second-order valence-corrected chi connectivity index (χ2v) is 6.68. The summed E-state index contributed by atoms with van der Waals surface area (Å²) in [4.78, 5) is 39.6. The number of esters is 1. The van der Waals surface area contributed by atoms with Crippen molar-refractivity contribution in [3.05, 3.63) is 76.2 Å². The fraction of sp³-hybridized carbons (Fsp3) is 0.238. The summed E-state index contributed by atoms with van der Waals surface area (Å²) in [6, 6.07) is 15.6. The van der Waals surface area contributed by atoms with Gasteiger partial charge in [0.05, 0.1) is 5.39 Å².